The summed E-state index contributed by atoms with van der Waals surface area (Å²) in [5.41, 5.74) is 1.14. The zero-order chi connectivity index (χ0) is 23.8. The molecule has 7 heteroatoms. The molecule has 1 heterocycles. The van der Waals surface area contributed by atoms with E-state index >= 15 is 0 Å². The lowest BCUT2D eigenvalue weighted by Crippen LogP contribution is -2.43. The van der Waals surface area contributed by atoms with E-state index in [9.17, 15) is 4.79 Å². The number of carbonyl (C=O) groups excluding carboxylic acids is 1. The molecule has 2 N–H and O–H groups in total. The number of fused-ring (bicyclic) bond motifs is 2. The Morgan fingerprint density at radius 3 is 2.56 bits per heavy atom. The highest BCUT2D eigenvalue weighted by molar-refractivity contribution is 5.92. The molecule has 2 bridgehead atoms. The van der Waals surface area contributed by atoms with Crippen molar-refractivity contribution in [2.75, 3.05) is 39.6 Å². The molecule has 1 aromatic carbocycles. The van der Waals surface area contributed by atoms with E-state index in [1.807, 2.05) is 31.2 Å². The first kappa shape index (κ1) is 25.2. The number of hydrogen-bond acceptors (Lipinski definition) is 6. The molecule has 3 unspecified atom stereocenters. The molecule has 34 heavy (non-hydrogen) atoms. The Bertz CT molecular complexity index is 800. The van der Waals surface area contributed by atoms with Gasteiger partial charge in [0, 0.05) is 31.1 Å². The average molecular weight is 474 g/mol. The number of aliphatic hydroxyl groups is 1. The van der Waals surface area contributed by atoms with Crippen LogP contribution in [0.4, 0.5) is 0 Å². The summed E-state index contributed by atoms with van der Waals surface area (Å²) in [6, 6.07) is 10.5. The Hall–Kier alpha value is -1.93. The van der Waals surface area contributed by atoms with Gasteiger partial charge in [-0.05, 0) is 56.1 Å². The summed E-state index contributed by atoms with van der Waals surface area (Å²) in [6.07, 6.45) is 7.03. The predicted octanol–water partition coefficient (Wildman–Crippen LogP) is 3.38. The summed E-state index contributed by atoms with van der Waals surface area (Å²) in [5, 5.41) is 12.1. The third-order valence-corrected chi connectivity index (χ3v) is 7.38. The van der Waals surface area contributed by atoms with Gasteiger partial charge < -0.3 is 29.4 Å². The van der Waals surface area contributed by atoms with Gasteiger partial charge in [-0.1, -0.05) is 36.8 Å². The van der Waals surface area contributed by atoms with E-state index in [0.717, 1.165) is 24.3 Å². The van der Waals surface area contributed by atoms with Crippen LogP contribution >= 0.6 is 0 Å². The van der Waals surface area contributed by atoms with Crippen LogP contribution in [-0.4, -0.2) is 63.0 Å². The van der Waals surface area contributed by atoms with E-state index in [1.54, 1.807) is 0 Å². The van der Waals surface area contributed by atoms with Crippen LogP contribution in [0.15, 0.2) is 42.2 Å². The second kappa shape index (κ2) is 12.7. The maximum Gasteiger partial charge on any atom is 0.286 e. The second-order valence-corrected chi connectivity index (χ2v) is 9.56. The van der Waals surface area contributed by atoms with Crippen molar-refractivity contribution in [2.24, 2.45) is 17.8 Å². The zero-order valence-electron chi connectivity index (χ0n) is 20.2. The molecule has 0 radical (unpaired) electrons. The number of nitrogens with one attached hydrogen (secondary N) is 1. The van der Waals surface area contributed by atoms with Crippen LogP contribution in [0.5, 0.6) is 0 Å². The Labute approximate surface area is 202 Å². The Morgan fingerprint density at radius 2 is 1.88 bits per heavy atom. The van der Waals surface area contributed by atoms with Crippen molar-refractivity contribution in [3.63, 3.8) is 0 Å². The SMILES string of the molecule is CCO[C@H]1OC(C(=O)NC2CC3CCC2C3)=C[C@@H](c2ccccc2)[C@H]1CCOCCOCCO. The van der Waals surface area contributed by atoms with Crippen molar-refractivity contribution >= 4 is 5.91 Å². The topological polar surface area (TPSA) is 86.3 Å². The minimum absolute atomic E-state index is 0.0123. The van der Waals surface area contributed by atoms with E-state index in [-0.39, 0.29) is 30.4 Å². The molecular weight excluding hydrogens is 434 g/mol. The Balaban J connectivity index is 1.44. The van der Waals surface area contributed by atoms with Gasteiger partial charge in [0.05, 0.1) is 26.4 Å². The molecule has 188 valence electrons. The van der Waals surface area contributed by atoms with Crippen LogP contribution < -0.4 is 5.32 Å². The molecule has 0 spiro atoms. The van der Waals surface area contributed by atoms with Crippen LogP contribution in [0.1, 0.15) is 50.5 Å². The molecule has 0 saturated heterocycles. The first-order chi connectivity index (χ1) is 16.7. The van der Waals surface area contributed by atoms with Crippen molar-refractivity contribution in [3.05, 3.63) is 47.7 Å². The highest BCUT2D eigenvalue weighted by Crippen LogP contribution is 2.45. The van der Waals surface area contributed by atoms with Gasteiger partial charge in [-0.2, -0.15) is 0 Å². The predicted molar refractivity (Wildman–Crippen MR) is 128 cm³/mol. The van der Waals surface area contributed by atoms with Crippen molar-refractivity contribution in [1.29, 1.82) is 0 Å². The minimum atomic E-state index is -0.518. The Kier molecular flexibility index (Phi) is 9.39. The van der Waals surface area contributed by atoms with Gasteiger partial charge in [0.2, 0.25) is 6.29 Å². The fraction of sp³-hybridized carbons (Fsp3) is 0.667. The molecule has 7 nitrogen and oxygen atoms in total. The van der Waals surface area contributed by atoms with E-state index in [1.165, 1.54) is 19.3 Å². The number of carbonyl (C=O) groups is 1. The van der Waals surface area contributed by atoms with Crippen molar-refractivity contribution in [3.8, 4) is 0 Å². The molecule has 1 aliphatic heterocycles. The summed E-state index contributed by atoms with van der Waals surface area (Å²) in [4.78, 5) is 13.2. The number of hydrogen-bond donors (Lipinski definition) is 2. The first-order valence-corrected chi connectivity index (χ1v) is 12.8. The van der Waals surface area contributed by atoms with Gasteiger partial charge in [0.25, 0.3) is 5.91 Å². The number of allylic oxidation sites excluding steroid dienone is 1. The van der Waals surface area contributed by atoms with Crippen LogP contribution in [0.2, 0.25) is 0 Å². The summed E-state index contributed by atoms with van der Waals surface area (Å²) >= 11 is 0. The molecule has 4 rings (SSSR count). The normalized spacial score (nSPS) is 30.1. The van der Waals surface area contributed by atoms with E-state index in [0.29, 0.717) is 44.7 Å². The summed E-state index contributed by atoms with van der Waals surface area (Å²) in [5.74, 6) is 1.62. The quantitative estimate of drug-likeness (QED) is 0.427. The molecule has 6 atom stereocenters. The largest absolute Gasteiger partial charge is 0.459 e. The van der Waals surface area contributed by atoms with Crippen LogP contribution in [0.25, 0.3) is 0 Å². The molecular formula is C27H39NO6. The molecule has 2 fully saturated rings. The molecule has 2 saturated carbocycles. The number of rotatable bonds is 13. The molecule has 3 aliphatic rings. The Morgan fingerprint density at radius 1 is 1.09 bits per heavy atom. The van der Waals surface area contributed by atoms with Crippen LogP contribution in [-0.2, 0) is 23.7 Å². The first-order valence-electron chi connectivity index (χ1n) is 12.8. The smallest absolute Gasteiger partial charge is 0.286 e. The molecule has 1 aromatic rings. The summed E-state index contributed by atoms with van der Waals surface area (Å²) in [6.45, 7) is 4.23. The molecule has 0 aromatic heterocycles. The minimum Gasteiger partial charge on any atom is -0.459 e. The fourth-order valence-corrected chi connectivity index (χ4v) is 5.76. The third kappa shape index (κ3) is 6.39. The number of ether oxygens (including phenoxy) is 4. The van der Waals surface area contributed by atoms with Gasteiger partial charge in [-0.3, -0.25) is 4.79 Å². The van der Waals surface area contributed by atoms with E-state index in [4.69, 9.17) is 24.1 Å². The van der Waals surface area contributed by atoms with Gasteiger partial charge in [-0.25, -0.2) is 0 Å². The maximum absolute atomic E-state index is 13.2. The van der Waals surface area contributed by atoms with Crippen molar-refractivity contribution in [1.82, 2.24) is 5.32 Å². The maximum atomic E-state index is 13.2. The summed E-state index contributed by atoms with van der Waals surface area (Å²) in [7, 11) is 0. The van der Waals surface area contributed by atoms with E-state index in [2.05, 4.69) is 17.4 Å². The van der Waals surface area contributed by atoms with Crippen molar-refractivity contribution < 1.29 is 28.8 Å². The van der Waals surface area contributed by atoms with Crippen molar-refractivity contribution in [2.45, 2.75) is 57.3 Å². The third-order valence-electron chi connectivity index (χ3n) is 7.38. The molecule has 2 aliphatic carbocycles. The van der Waals surface area contributed by atoms with Gasteiger partial charge in [-0.15, -0.1) is 0 Å². The number of aliphatic hydroxyl groups excluding tert-OH is 1. The standard InChI is InChI=1S/C27H39NO6/c1-2-33-27-22(10-12-31-14-15-32-13-11-29)23(20-6-4-3-5-7-20)18-25(34-27)26(30)28-24-17-19-8-9-21(24)16-19/h3-7,18-19,21-24,27,29H,2,8-17H2,1H3,(H,28,30)/t19?,21?,22-,23+,24?,27+/m1/s1. The van der Waals surface area contributed by atoms with Gasteiger partial charge in [0.1, 0.15) is 0 Å². The lowest BCUT2D eigenvalue weighted by molar-refractivity contribution is -0.168. The second-order valence-electron chi connectivity index (χ2n) is 9.56. The lowest BCUT2D eigenvalue weighted by Gasteiger charge is -2.37. The van der Waals surface area contributed by atoms with Gasteiger partial charge in [0.15, 0.2) is 5.76 Å². The lowest BCUT2D eigenvalue weighted by atomic mass is 9.81. The zero-order valence-corrected chi connectivity index (χ0v) is 20.2. The van der Waals surface area contributed by atoms with Crippen LogP contribution in [0, 0.1) is 17.8 Å². The van der Waals surface area contributed by atoms with Gasteiger partial charge >= 0.3 is 0 Å². The number of benzene rings is 1. The average Bonchev–Trinajstić information content (AvgIpc) is 3.48. The van der Waals surface area contributed by atoms with Crippen LogP contribution in [0.3, 0.4) is 0 Å². The highest BCUT2D eigenvalue weighted by Gasteiger charge is 2.42. The fourth-order valence-electron chi connectivity index (χ4n) is 5.76. The monoisotopic (exact) mass is 473 g/mol. The van der Waals surface area contributed by atoms with E-state index < -0.39 is 6.29 Å². The molecule has 1 amide bonds. The highest BCUT2D eigenvalue weighted by atomic mass is 16.7. The summed E-state index contributed by atoms with van der Waals surface area (Å²) < 4.78 is 23.2. The number of amides is 1.